The second-order valence-corrected chi connectivity index (χ2v) is 7.73. The van der Waals surface area contributed by atoms with Crippen LogP contribution in [0.3, 0.4) is 0 Å². The minimum atomic E-state index is -3.76. The zero-order valence-electron chi connectivity index (χ0n) is 9.27. The number of hydrogen-bond acceptors (Lipinski definition) is 3. The van der Waals surface area contributed by atoms with Crippen molar-refractivity contribution >= 4 is 65.8 Å². The Morgan fingerprint density at radius 2 is 2.05 bits per heavy atom. The van der Waals surface area contributed by atoms with Crippen molar-refractivity contribution in [2.24, 2.45) is 0 Å². The van der Waals surface area contributed by atoms with E-state index in [0.717, 1.165) is 3.57 Å². The van der Waals surface area contributed by atoms with Gasteiger partial charge in [-0.25, -0.2) is 13.4 Å². The van der Waals surface area contributed by atoms with E-state index in [9.17, 15) is 8.42 Å². The van der Waals surface area contributed by atoms with Gasteiger partial charge in [-0.05, 0) is 62.8 Å². The molecule has 0 atom stereocenters. The number of sulfonamides is 1. The van der Waals surface area contributed by atoms with Gasteiger partial charge in [0, 0.05) is 19.9 Å². The van der Waals surface area contributed by atoms with Crippen LogP contribution in [0.2, 0.25) is 5.15 Å². The van der Waals surface area contributed by atoms with Crippen molar-refractivity contribution in [3.63, 3.8) is 0 Å². The molecule has 0 aliphatic carbocycles. The van der Waals surface area contributed by atoms with Gasteiger partial charge in [0.05, 0.1) is 0 Å². The highest BCUT2D eigenvalue weighted by atomic mass is 127. The first-order valence-corrected chi connectivity index (χ1v) is 8.71. The Kier molecular flexibility index (Phi) is 4.70. The van der Waals surface area contributed by atoms with Crippen LogP contribution in [0, 0.1) is 3.57 Å². The molecular weight excluding hydrogens is 466 g/mol. The molecule has 1 heterocycles. The Bertz CT molecular complexity index is 724. The van der Waals surface area contributed by atoms with Gasteiger partial charge in [-0.2, -0.15) is 0 Å². The third-order valence-corrected chi connectivity index (χ3v) is 5.05. The molecule has 0 radical (unpaired) electrons. The van der Waals surface area contributed by atoms with Crippen LogP contribution in [0.25, 0.3) is 0 Å². The molecule has 0 aliphatic heterocycles. The molecule has 4 nitrogen and oxygen atoms in total. The van der Waals surface area contributed by atoms with Crippen molar-refractivity contribution in [3.8, 4) is 0 Å². The van der Waals surface area contributed by atoms with Gasteiger partial charge >= 0.3 is 0 Å². The van der Waals surface area contributed by atoms with Crippen LogP contribution >= 0.6 is 50.1 Å². The first-order valence-electron chi connectivity index (χ1n) is 4.98. The molecule has 19 heavy (non-hydrogen) atoms. The Morgan fingerprint density at radius 1 is 1.32 bits per heavy atom. The molecular formula is C11H7BrClIN2O2S. The van der Waals surface area contributed by atoms with Crippen molar-refractivity contribution in [1.82, 2.24) is 4.98 Å². The molecule has 0 spiro atoms. The summed E-state index contributed by atoms with van der Waals surface area (Å²) in [7, 11) is -3.76. The van der Waals surface area contributed by atoms with E-state index in [1.54, 1.807) is 18.2 Å². The van der Waals surface area contributed by atoms with E-state index in [1.807, 2.05) is 6.07 Å². The maximum absolute atomic E-state index is 12.2. The highest BCUT2D eigenvalue weighted by Gasteiger charge is 2.19. The summed E-state index contributed by atoms with van der Waals surface area (Å²) in [6, 6.07) is 8.43. The molecule has 0 saturated carbocycles. The van der Waals surface area contributed by atoms with Crippen molar-refractivity contribution in [1.29, 1.82) is 0 Å². The Balaban J connectivity index is 2.40. The summed E-state index contributed by atoms with van der Waals surface area (Å²) >= 11 is 11.1. The van der Waals surface area contributed by atoms with E-state index in [0.29, 0.717) is 10.2 Å². The van der Waals surface area contributed by atoms with Gasteiger partial charge in [-0.1, -0.05) is 17.7 Å². The van der Waals surface area contributed by atoms with E-state index in [4.69, 9.17) is 11.6 Å². The Hall–Kier alpha value is -0.380. The fourth-order valence-electron chi connectivity index (χ4n) is 1.35. The summed E-state index contributed by atoms with van der Waals surface area (Å²) < 4.78 is 28.4. The number of nitrogens with zero attached hydrogens (tertiary/aromatic N) is 1. The van der Waals surface area contributed by atoms with Crippen molar-refractivity contribution in [3.05, 3.63) is 49.7 Å². The largest absolute Gasteiger partial charge is 0.280 e. The Labute approximate surface area is 137 Å². The summed E-state index contributed by atoms with van der Waals surface area (Å²) in [6.07, 6.45) is 1.44. The fourth-order valence-corrected chi connectivity index (χ4v) is 3.89. The standard InChI is InChI=1S/C11H7BrClIN2O2S/c12-7-4-10(11(13)15-6-7)19(17,18)16-9-3-1-2-8(14)5-9/h1-6,16H. The molecule has 2 aromatic rings. The molecule has 1 N–H and O–H groups in total. The van der Waals surface area contributed by atoms with Gasteiger partial charge < -0.3 is 0 Å². The second kappa shape index (κ2) is 5.94. The highest BCUT2D eigenvalue weighted by molar-refractivity contribution is 14.1. The van der Waals surface area contributed by atoms with Crippen LogP contribution in [-0.4, -0.2) is 13.4 Å². The summed E-state index contributed by atoms with van der Waals surface area (Å²) in [4.78, 5) is 3.73. The predicted molar refractivity (Wildman–Crippen MR) is 86.9 cm³/mol. The molecule has 100 valence electrons. The number of benzene rings is 1. The maximum atomic E-state index is 12.2. The average Bonchev–Trinajstić information content (AvgIpc) is 2.31. The van der Waals surface area contributed by atoms with Gasteiger partial charge in [0.25, 0.3) is 10.0 Å². The number of pyridine rings is 1. The van der Waals surface area contributed by atoms with Crippen molar-refractivity contribution in [2.45, 2.75) is 4.90 Å². The number of nitrogens with one attached hydrogen (secondary N) is 1. The molecule has 0 unspecified atom stereocenters. The van der Waals surface area contributed by atoms with E-state index in [-0.39, 0.29) is 10.0 Å². The normalized spacial score (nSPS) is 11.3. The number of rotatable bonds is 3. The lowest BCUT2D eigenvalue weighted by Crippen LogP contribution is -2.14. The van der Waals surface area contributed by atoms with Crippen LogP contribution < -0.4 is 4.72 Å². The molecule has 1 aromatic carbocycles. The van der Waals surface area contributed by atoms with Crippen molar-refractivity contribution in [2.75, 3.05) is 4.72 Å². The van der Waals surface area contributed by atoms with Gasteiger partial charge in [0.15, 0.2) is 0 Å². The lowest BCUT2D eigenvalue weighted by molar-refractivity contribution is 0.601. The van der Waals surface area contributed by atoms with Crippen LogP contribution in [0.4, 0.5) is 5.69 Å². The molecule has 0 aliphatic rings. The molecule has 2 rings (SSSR count). The third kappa shape index (κ3) is 3.80. The molecule has 0 amide bonds. The zero-order valence-corrected chi connectivity index (χ0v) is 14.6. The quantitative estimate of drug-likeness (QED) is 0.544. The Morgan fingerprint density at radius 3 is 2.74 bits per heavy atom. The van der Waals surface area contributed by atoms with Gasteiger partial charge in [0.2, 0.25) is 0 Å². The fraction of sp³-hybridized carbons (Fsp3) is 0. The average molecular weight is 474 g/mol. The van der Waals surface area contributed by atoms with E-state index < -0.39 is 10.0 Å². The number of anilines is 1. The molecule has 0 fully saturated rings. The SMILES string of the molecule is O=S(=O)(Nc1cccc(I)c1)c1cc(Br)cnc1Cl. The first-order chi connectivity index (χ1) is 8.88. The summed E-state index contributed by atoms with van der Waals surface area (Å²) in [5.41, 5.74) is 0.475. The van der Waals surface area contributed by atoms with E-state index in [2.05, 4.69) is 48.2 Å². The number of hydrogen-bond donors (Lipinski definition) is 1. The maximum Gasteiger partial charge on any atom is 0.265 e. The van der Waals surface area contributed by atoms with E-state index >= 15 is 0 Å². The topological polar surface area (TPSA) is 59.1 Å². The van der Waals surface area contributed by atoms with Crippen LogP contribution in [0.5, 0.6) is 0 Å². The predicted octanol–water partition coefficient (Wildman–Crippen LogP) is 3.90. The summed E-state index contributed by atoms with van der Waals surface area (Å²) in [5.74, 6) is 0. The smallest absolute Gasteiger partial charge is 0.265 e. The molecule has 0 saturated heterocycles. The second-order valence-electron chi connectivity index (χ2n) is 3.56. The molecule has 8 heteroatoms. The van der Waals surface area contributed by atoms with Crippen molar-refractivity contribution < 1.29 is 8.42 Å². The van der Waals surface area contributed by atoms with Gasteiger partial charge in [-0.15, -0.1) is 0 Å². The molecule has 0 bridgehead atoms. The van der Waals surface area contributed by atoms with Crippen LogP contribution in [0.1, 0.15) is 0 Å². The first kappa shape index (κ1) is 15.0. The monoisotopic (exact) mass is 472 g/mol. The van der Waals surface area contributed by atoms with Crippen LogP contribution in [0.15, 0.2) is 45.9 Å². The van der Waals surface area contributed by atoms with Gasteiger partial charge in [0.1, 0.15) is 10.0 Å². The minimum absolute atomic E-state index is 0.0672. The highest BCUT2D eigenvalue weighted by Crippen LogP contribution is 2.25. The lowest BCUT2D eigenvalue weighted by Gasteiger charge is -2.09. The van der Waals surface area contributed by atoms with Crippen LogP contribution in [-0.2, 0) is 10.0 Å². The van der Waals surface area contributed by atoms with E-state index in [1.165, 1.54) is 12.3 Å². The summed E-state index contributed by atoms with van der Waals surface area (Å²) in [5, 5.41) is -0.0682. The minimum Gasteiger partial charge on any atom is -0.280 e. The lowest BCUT2D eigenvalue weighted by atomic mass is 10.3. The number of aromatic nitrogens is 1. The third-order valence-electron chi connectivity index (χ3n) is 2.14. The number of halogens is 3. The molecule has 1 aromatic heterocycles. The van der Waals surface area contributed by atoms with Gasteiger partial charge in [-0.3, -0.25) is 4.72 Å². The summed E-state index contributed by atoms with van der Waals surface area (Å²) in [6.45, 7) is 0. The zero-order chi connectivity index (χ0) is 14.0.